The molecule has 3 aromatic rings. The summed E-state index contributed by atoms with van der Waals surface area (Å²) in [6.07, 6.45) is 5.88. The summed E-state index contributed by atoms with van der Waals surface area (Å²) in [4.78, 5) is 18.9. The van der Waals surface area contributed by atoms with Crippen LogP contribution in [0.2, 0.25) is 0 Å². The van der Waals surface area contributed by atoms with Gasteiger partial charge in [0.05, 0.1) is 5.69 Å². The first-order valence-corrected chi connectivity index (χ1v) is 11.5. The van der Waals surface area contributed by atoms with E-state index in [1.807, 2.05) is 6.20 Å². The van der Waals surface area contributed by atoms with E-state index >= 15 is 0 Å². The number of imidazole rings is 1. The minimum atomic E-state index is 0.724. The van der Waals surface area contributed by atoms with E-state index in [-0.39, 0.29) is 0 Å². The van der Waals surface area contributed by atoms with Crippen LogP contribution < -0.4 is 10.2 Å². The maximum Gasteiger partial charge on any atom is 0.205 e. The number of aromatic nitrogens is 4. The highest BCUT2D eigenvalue weighted by Gasteiger charge is 2.22. The minimum absolute atomic E-state index is 0.724. The van der Waals surface area contributed by atoms with Crippen molar-refractivity contribution in [2.24, 2.45) is 4.99 Å². The molecule has 8 nitrogen and oxygen atoms in total. The molecule has 0 spiro atoms. The number of rotatable bonds is 6. The first-order chi connectivity index (χ1) is 14.7. The van der Waals surface area contributed by atoms with Gasteiger partial charge in [-0.15, -0.1) is 0 Å². The second-order valence-electron chi connectivity index (χ2n) is 7.46. The second kappa shape index (κ2) is 9.42. The van der Waals surface area contributed by atoms with E-state index in [2.05, 4.69) is 68.0 Å². The summed E-state index contributed by atoms with van der Waals surface area (Å²) in [5, 5.41) is 4.49. The van der Waals surface area contributed by atoms with Gasteiger partial charge >= 0.3 is 0 Å². The summed E-state index contributed by atoms with van der Waals surface area (Å²) < 4.78 is 6.51. The predicted octanol–water partition coefficient (Wildman–Crippen LogP) is 2.39. The van der Waals surface area contributed by atoms with E-state index in [0.717, 1.165) is 80.4 Å². The van der Waals surface area contributed by atoms with Crippen LogP contribution in [-0.2, 0) is 12.8 Å². The number of aliphatic imine (C=N–C) groups is 1. The molecule has 0 aromatic carbocycles. The quantitative estimate of drug-likeness (QED) is 0.482. The fourth-order valence-electron chi connectivity index (χ4n) is 3.65. The van der Waals surface area contributed by atoms with Gasteiger partial charge in [-0.2, -0.15) is 4.37 Å². The third-order valence-corrected chi connectivity index (χ3v) is 6.13. The predicted molar refractivity (Wildman–Crippen MR) is 123 cm³/mol. The van der Waals surface area contributed by atoms with Gasteiger partial charge in [0, 0.05) is 76.0 Å². The van der Waals surface area contributed by atoms with Crippen molar-refractivity contribution in [3.63, 3.8) is 0 Å². The summed E-state index contributed by atoms with van der Waals surface area (Å²) in [5.74, 6) is 1.93. The smallest absolute Gasteiger partial charge is 0.205 e. The molecule has 0 aliphatic carbocycles. The summed E-state index contributed by atoms with van der Waals surface area (Å²) in [7, 11) is 0. The van der Waals surface area contributed by atoms with Crippen molar-refractivity contribution >= 4 is 28.3 Å². The largest absolute Gasteiger partial charge is 0.357 e. The lowest BCUT2D eigenvalue weighted by molar-refractivity contribution is 0.372. The van der Waals surface area contributed by atoms with Crippen LogP contribution in [0.15, 0.2) is 29.5 Å². The number of anilines is 1. The number of nitrogens with one attached hydrogen (secondary N) is 1. The van der Waals surface area contributed by atoms with Crippen LogP contribution in [0.25, 0.3) is 5.65 Å². The molecule has 0 atom stereocenters. The lowest BCUT2D eigenvalue weighted by Gasteiger charge is -2.36. The fraction of sp³-hybridized carbons (Fsp3) is 0.524. The van der Waals surface area contributed by atoms with Crippen LogP contribution in [0.1, 0.15) is 30.9 Å². The number of fused-ring (bicyclic) bond motifs is 1. The molecule has 1 saturated heterocycles. The summed E-state index contributed by atoms with van der Waals surface area (Å²) in [5.41, 5.74) is 3.30. The third kappa shape index (κ3) is 4.56. The van der Waals surface area contributed by atoms with Crippen molar-refractivity contribution in [1.29, 1.82) is 0 Å². The molecule has 30 heavy (non-hydrogen) atoms. The summed E-state index contributed by atoms with van der Waals surface area (Å²) in [6, 6.07) is 4.15. The van der Waals surface area contributed by atoms with Crippen molar-refractivity contribution in [2.45, 2.75) is 33.6 Å². The van der Waals surface area contributed by atoms with Crippen molar-refractivity contribution in [3.05, 3.63) is 41.6 Å². The molecule has 0 amide bonds. The summed E-state index contributed by atoms with van der Waals surface area (Å²) >= 11 is 1.51. The molecule has 0 unspecified atom stereocenters. The van der Waals surface area contributed by atoms with Crippen LogP contribution in [-0.4, -0.2) is 68.9 Å². The number of guanidine groups is 1. The highest BCUT2D eigenvalue weighted by atomic mass is 32.1. The van der Waals surface area contributed by atoms with Gasteiger partial charge in [-0.05, 0) is 25.5 Å². The molecule has 0 bridgehead atoms. The Morgan fingerprint density at radius 3 is 2.73 bits per heavy atom. The van der Waals surface area contributed by atoms with Crippen molar-refractivity contribution < 1.29 is 0 Å². The highest BCUT2D eigenvalue weighted by molar-refractivity contribution is 7.09. The average molecular weight is 427 g/mol. The molecule has 3 aromatic heterocycles. The van der Waals surface area contributed by atoms with Crippen LogP contribution in [0, 0.1) is 6.92 Å². The molecular weight excluding hydrogens is 396 g/mol. The zero-order valence-electron chi connectivity index (χ0n) is 18.0. The van der Waals surface area contributed by atoms with E-state index in [1.54, 1.807) is 0 Å². The molecule has 9 heteroatoms. The van der Waals surface area contributed by atoms with Gasteiger partial charge < -0.3 is 19.5 Å². The number of piperazine rings is 1. The Labute approximate surface area is 181 Å². The molecule has 1 fully saturated rings. The highest BCUT2D eigenvalue weighted by Crippen LogP contribution is 2.19. The Kier molecular flexibility index (Phi) is 6.47. The van der Waals surface area contributed by atoms with Crippen molar-refractivity contribution in [3.8, 4) is 0 Å². The van der Waals surface area contributed by atoms with Crippen molar-refractivity contribution in [2.75, 3.05) is 44.2 Å². The van der Waals surface area contributed by atoms with Crippen LogP contribution >= 0.6 is 11.5 Å². The molecule has 1 aliphatic heterocycles. The molecule has 1 N–H and O–H groups in total. The van der Waals surface area contributed by atoms with Gasteiger partial charge in [-0.25, -0.2) is 9.97 Å². The Morgan fingerprint density at radius 2 is 2.03 bits per heavy atom. The number of hydrogen-bond acceptors (Lipinski definition) is 6. The Bertz CT molecular complexity index is 1000. The van der Waals surface area contributed by atoms with E-state index in [9.17, 15) is 0 Å². The molecule has 4 heterocycles. The number of aryl methyl sites for hydroxylation is 2. The van der Waals surface area contributed by atoms with E-state index < -0.39 is 0 Å². The molecule has 160 valence electrons. The van der Waals surface area contributed by atoms with Crippen LogP contribution in [0.5, 0.6) is 0 Å². The van der Waals surface area contributed by atoms with E-state index in [1.165, 1.54) is 17.1 Å². The number of hydrogen-bond donors (Lipinski definition) is 1. The maximum absolute atomic E-state index is 4.88. The zero-order chi connectivity index (χ0) is 20.9. The fourth-order valence-corrected chi connectivity index (χ4v) is 4.45. The van der Waals surface area contributed by atoms with Gasteiger partial charge in [0.15, 0.2) is 5.96 Å². The maximum atomic E-state index is 4.88. The Morgan fingerprint density at radius 1 is 1.20 bits per heavy atom. The van der Waals surface area contributed by atoms with Gasteiger partial charge in [-0.3, -0.25) is 4.99 Å². The van der Waals surface area contributed by atoms with E-state index in [0.29, 0.717) is 0 Å². The number of nitrogens with zero attached hydrogens (tertiary/aromatic N) is 7. The van der Waals surface area contributed by atoms with Gasteiger partial charge in [0.25, 0.3) is 0 Å². The molecule has 4 rings (SSSR count). The topological polar surface area (TPSA) is 74.0 Å². The number of pyridine rings is 1. The van der Waals surface area contributed by atoms with Crippen molar-refractivity contribution in [1.82, 2.24) is 29.0 Å². The van der Waals surface area contributed by atoms with Gasteiger partial charge in [0.2, 0.25) is 5.13 Å². The van der Waals surface area contributed by atoms with Gasteiger partial charge in [0.1, 0.15) is 11.5 Å². The third-order valence-electron chi connectivity index (χ3n) is 5.32. The molecule has 1 aliphatic rings. The van der Waals surface area contributed by atoms with Crippen LogP contribution in [0.3, 0.4) is 0 Å². The normalized spacial score (nSPS) is 15.2. The Balaban J connectivity index is 1.36. The lowest BCUT2D eigenvalue weighted by Crippen LogP contribution is -2.52. The first kappa shape index (κ1) is 20.6. The summed E-state index contributed by atoms with van der Waals surface area (Å²) in [6.45, 7) is 11.6. The lowest BCUT2D eigenvalue weighted by atomic mass is 10.3. The first-order valence-electron chi connectivity index (χ1n) is 10.7. The van der Waals surface area contributed by atoms with E-state index in [4.69, 9.17) is 9.98 Å². The van der Waals surface area contributed by atoms with Crippen LogP contribution in [0.4, 0.5) is 5.13 Å². The standard InChI is InChI=1S/C21H30N8S/c1-4-18-25-21(30-26-18)28-13-11-27(12-14-28)20(22-5-2)23-9-8-17-15-29-10-6-7-16(3)19(29)24-17/h6-7,10,15H,4-5,8-9,11-14H2,1-3H3,(H,22,23). The minimum Gasteiger partial charge on any atom is -0.357 e. The van der Waals surface area contributed by atoms with Gasteiger partial charge in [-0.1, -0.05) is 13.0 Å². The molecular formula is C21H30N8S. The SMILES string of the molecule is CCNC(=NCCc1cn2cccc(C)c2n1)N1CCN(c2nc(CC)ns2)CC1. The average Bonchev–Trinajstić information content (AvgIpc) is 3.41. The second-order valence-corrected chi connectivity index (χ2v) is 8.19. The molecule has 0 radical (unpaired) electrons. The Hall–Kier alpha value is -2.68. The zero-order valence-corrected chi connectivity index (χ0v) is 18.8. The molecule has 0 saturated carbocycles. The monoisotopic (exact) mass is 426 g/mol.